The second-order valence-corrected chi connectivity index (χ2v) is 5.92. The Bertz CT molecular complexity index is 815. The van der Waals surface area contributed by atoms with E-state index in [4.69, 9.17) is 11.6 Å². The highest BCUT2D eigenvalue weighted by atomic mass is 35.5. The van der Waals surface area contributed by atoms with Crippen LogP contribution < -0.4 is 10.6 Å². The minimum absolute atomic E-state index is 0.138. The summed E-state index contributed by atoms with van der Waals surface area (Å²) in [7, 11) is 0. The fourth-order valence-corrected chi connectivity index (χ4v) is 2.65. The van der Waals surface area contributed by atoms with Gasteiger partial charge in [-0.15, -0.1) is 15.3 Å². The minimum Gasteiger partial charge on any atom is -0.352 e. The monoisotopic (exact) mass is 350 g/mol. The van der Waals surface area contributed by atoms with Crippen molar-refractivity contribution in [1.29, 1.82) is 0 Å². The number of hydrogen-bond donors (Lipinski definition) is 2. The van der Waals surface area contributed by atoms with E-state index in [0.29, 0.717) is 20.7 Å². The topological polar surface area (TPSA) is 101 Å². The summed E-state index contributed by atoms with van der Waals surface area (Å²) in [5.74, 6) is -0.500. The highest BCUT2D eigenvalue weighted by molar-refractivity contribution is 7.20. The molecule has 0 saturated carbocycles. The summed E-state index contributed by atoms with van der Waals surface area (Å²) >= 11 is 6.98. The molecule has 3 aromatic rings. The molecule has 2 aromatic heterocycles. The van der Waals surface area contributed by atoms with Crippen molar-refractivity contribution < 1.29 is 9.59 Å². The van der Waals surface area contributed by atoms with Crippen molar-refractivity contribution >= 4 is 44.8 Å². The molecule has 0 aliphatic heterocycles. The van der Waals surface area contributed by atoms with Gasteiger partial charge in [-0.1, -0.05) is 22.9 Å². The van der Waals surface area contributed by atoms with Crippen LogP contribution in [0.4, 0.5) is 5.13 Å². The molecule has 0 radical (unpaired) electrons. The molecular formula is C13H11ClN6O2S. The Morgan fingerprint density at radius 1 is 1.26 bits per heavy atom. The van der Waals surface area contributed by atoms with E-state index in [9.17, 15) is 9.59 Å². The number of aromatic nitrogens is 4. The van der Waals surface area contributed by atoms with Gasteiger partial charge in [0.15, 0.2) is 0 Å². The Balaban J connectivity index is 1.46. The van der Waals surface area contributed by atoms with Crippen LogP contribution >= 0.6 is 22.9 Å². The van der Waals surface area contributed by atoms with E-state index < -0.39 is 0 Å². The first-order valence-corrected chi connectivity index (χ1v) is 7.82. The Morgan fingerprint density at radius 3 is 2.78 bits per heavy atom. The van der Waals surface area contributed by atoms with Crippen LogP contribution in [-0.2, 0) is 4.79 Å². The van der Waals surface area contributed by atoms with E-state index in [-0.39, 0.29) is 24.8 Å². The van der Waals surface area contributed by atoms with Crippen molar-refractivity contribution in [2.75, 3.05) is 11.9 Å². The molecule has 0 aliphatic carbocycles. The first-order chi connectivity index (χ1) is 11.1. The van der Waals surface area contributed by atoms with Gasteiger partial charge in [-0.2, -0.15) is 4.52 Å². The van der Waals surface area contributed by atoms with Crippen LogP contribution in [0.5, 0.6) is 0 Å². The summed E-state index contributed by atoms with van der Waals surface area (Å²) in [6, 6.07) is 6.52. The summed E-state index contributed by atoms with van der Waals surface area (Å²) in [4.78, 5) is 24.3. The minimum atomic E-state index is -0.256. The van der Waals surface area contributed by atoms with Gasteiger partial charge in [0, 0.05) is 23.6 Å². The highest BCUT2D eigenvalue weighted by Crippen LogP contribution is 2.16. The number of hydrogen-bond acceptors (Lipinski definition) is 6. The quantitative estimate of drug-likeness (QED) is 0.727. The molecule has 8 nitrogen and oxygen atoms in total. The third kappa shape index (κ3) is 3.82. The zero-order valence-corrected chi connectivity index (χ0v) is 13.3. The maximum Gasteiger partial charge on any atom is 0.251 e. The highest BCUT2D eigenvalue weighted by Gasteiger charge is 2.10. The van der Waals surface area contributed by atoms with E-state index in [2.05, 4.69) is 25.9 Å². The molecule has 0 fully saturated rings. The molecular weight excluding hydrogens is 340 g/mol. The molecule has 0 spiro atoms. The second kappa shape index (κ2) is 6.71. The van der Waals surface area contributed by atoms with Gasteiger partial charge in [0.2, 0.25) is 16.0 Å². The summed E-state index contributed by atoms with van der Waals surface area (Å²) < 4.78 is 1.47. The normalized spacial score (nSPS) is 10.7. The average Bonchev–Trinajstić information content (AvgIpc) is 3.09. The van der Waals surface area contributed by atoms with Gasteiger partial charge in [-0.25, -0.2) is 0 Å². The van der Waals surface area contributed by atoms with Crippen LogP contribution in [-0.4, -0.2) is 38.2 Å². The van der Waals surface area contributed by atoms with Gasteiger partial charge >= 0.3 is 0 Å². The van der Waals surface area contributed by atoms with Crippen molar-refractivity contribution in [3.05, 3.63) is 41.2 Å². The number of benzene rings is 1. The SMILES string of the molecule is O=C(CCNC(=O)c1ccc(Cl)cc1)Nc1nn2cnnc2s1. The molecule has 2 amide bonds. The summed E-state index contributed by atoms with van der Waals surface area (Å²) in [5.41, 5.74) is 0.489. The predicted molar refractivity (Wildman–Crippen MR) is 85.7 cm³/mol. The summed E-state index contributed by atoms with van der Waals surface area (Å²) in [6.45, 7) is 0.220. The van der Waals surface area contributed by atoms with Crippen molar-refractivity contribution in [3.8, 4) is 0 Å². The van der Waals surface area contributed by atoms with Crippen LogP contribution in [0, 0.1) is 0 Å². The molecule has 0 unspecified atom stereocenters. The van der Waals surface area contributed by atoms with Crippen molar-refractivity contribution in [2.45, 2.75) is 6.42 Å². The lowest BCUT2D eigenvalue weighted by Crippen LogP contribution is -2.27. The number of anilines is 1. The van der Waals surface area contributed by atoms with Gasteiger partial charge in [0.1, 0.15) is 6.33 Å². The standard InChI is InChI=1S/C13H11ClN6O2S/c14-9-3-1-8(2-4-9)11(22)15-6-5-10(21)17-12-19-20-7-16-18-13(20)23-12/h1-4,7H,5-6H2,(H,15,22)(H,17,19,21). The van der Waals surface area contributed by atoms with Crippen molar-refractivity contribution in [3.63, 3.8) is 0 Å². The molecule has 23 heavy (non-hydrogen) atoms. The molecule has 2 heterocycles. The number of carbonyl (C=O) groups excluding carboxylic acids is 2. The lowest BCUT2D eigenvalue weighted by atomic mass is 10.2. The van der Waals surface area contributed by atoms with Crippen LogP contribution in [0.15, 0.2) is 30.6 Å². The van der Waals surface area contributed by atoms with Crippen LogP contribution in [0.2, 0.25) is 5.02 Å². The van der Waals surface area contributed by atoms with E-state index in [0.717, 1.165) is 0 Å². The fourth-order valence-electron chi connectivity index (χ4n) is 1.79. The summed E-state index contributed by atoms with van der Waals surface area (Å²) in [6.07, 6.45) is 1.59. The first-order valence-electron chi connectivity index (χ1n) is 6.62. The van der Waals surface area contributed by atoms with Crippen molar-refractivity contribution in [1.82, 2.24) is 25.1 Å². The van der Waals surface area contributed by atoms with Gasteiger partial charge in [-0.3, -0.25) is 9.59 Å². The molecule has 1 aromatic carbocycles. The number of halogens is 1. The van der Waals surface area contributed by atoms with Gasteiger partial charge in [-0.05, 0) is 24.3 Å². The molecule has 3 rings (SSSR count). The van der Waals surface area contributed by atoms with E-state index in [1.54, 1.807) is 24.3 Å². The van der Waals surface area contributed by atoms with E-state index in [1.807, 2.05) is 0 Å². The van der Waals surface area contributed by atoms with Gasteiger partial charge in [0.05, 0.1) is 0 Å². The fraction of sp³-hybridized carbons (Fsp3) is 0.154. The Labute approximate surface area is 139 Å². The van der Waals surface area contributed by atoms with Crippen LogP contribution in [0.1, 0.15) is 16.8 Å². The summed E-state index contributed by atoms with van der Waals surface area (Å²) in [5, 5.41) is 17.9. The third-order valence-electron chi connectivity index (χ3n) is 2.88. The van der Waals surface area contributed by atoms with Gasteiger partial charge < -0.3 is 10.6 Å². The average molecular weight is 351 g/mol. The second-order valence-electron chi connectivity index (χ2n) is 4.53. The smallest absolute Gasteiger partial charge is 0.251 e. The number of amides is 2. The first kappa shape index (κ1) is 15.4. The van der Waals surface area contributed by atoms with Gasteiger partial charge in [0.25, 0.3) is 5.91 Å². The maximum atomic E-state index is 11.9. The molecule has 0 aliphatic rings. The predicted octanol–water partition coefficient (Wildman–Crippen LogP) is 1.60. The van der Waals surface area contributed by atoms with Crippen molar-refractivity contribution in [2.24, 2.45) is 0 Å². The molecule has 0 bridgehead atoms. The number of fused-ring (bicyclic) bond motifs is 1. The third-order valence-corrected chi connectivity index (χ3v) is 3.96. The number of nitrogens with one attached hydrogen (secondary N) is 2. The van der Waals surface area contributed by atoms with E-state index in [1.165, 1.54) is 22.2 Å². The Morgan fingerprint density at radius 2 is 2.04 bits per heavy atom. The molecule has 10 heteroatoms. The lowest BCUT2D eigenvalue weighted by Gasteiger charge is -2.05. The molecule has 0 saturated heterocycles. The zero-order valence-electron chi connectivity index (χ0n) is 11.7. The van der Waals surface area contributed by atoms with Crippen LogP contribution in [0.25, 0.3) is 4.96 Å². The zero-order chi connectivity index (χ0) is 16.2. The number of carbonyl (C=O) groups is 2. The van der Waals surface area contributed by atoms with E-state index >= 15 is 0 Å². The number of rotatable bonds is 5. The largest absolute Gasteiger partial charge is 0.352 e. The molecule has 118 valence electrons. The maximum absolute atomic E-state index is 11.9. The molecule has 0 atom stereocenters. The van der Waals surface area contributed by atoms with Crippen LogP contribution in [0.3, 0.4) is 0 Å². The Hall–Kier alpha value is -2.52. The molecule has 2 N–H and O–H groups in total. The Kier molecular flexibility index (Phi) is 4.49. The number of nitrogens with zero attached hydrogens (tertiary/aromatic N) is 4. The lowest BCUT2D eigenvalue weighted by molar-refractivity contribution is -0.116.